The van der Waals surface area contributed by atoms with E-state index in [1.54, 1.807) is 37.4 Å². The zero-order valence-electron chi connectivity index (χ0n) is 19.3. The van der Waals surface area contributed by atoms with Crippen molar-refractivity contribution in [1.82, 2.24) is 4.90 Å². The molecule has 5 rings (SSSR count). The predicted octanol–water partition coefficient (Wildman–Crippen LogP) is 4.96. The molecule has 3 aliphatic rings. The number of hydrogen-bond donors (Lipinski definition) is 1. The molecule has 2 aliphatic heterocycles. The summed E-state index contributed by atoms with van der Waals surface area (Å²) in [4.78, 5) is 18.2. The van der Waals surface area contributed by atoms with Crippen LogP contribution in [0.3, 0.4) is 0 Å². The van der Waals surface area contributed by atoms with E-state index in [2.05, 4.69) is 15.1 Å². The molecule has 34 heavy (non-hydrogen) atoms. The molecule has 2 fully saturated rings. The number of carbonyl (C=O) groups is 1. The van der Waals surface area contributed by atoms with Crippen LogP contribution in [0, 0.1) is 5.92 Å². The lowest BCUT2D eigenvalue weighted by Gasteiger charge is -2.50. The maximum atomic E-state index is 13.5. The number of benzene rings is 2. The molecule has 1 saturated heterocycles. The molecule has 0 bridgehead atoms. The Hall–Kier alpha value is -2.74. The summed E-state index contributed by atoms with van der Waals surface area (Å²) >= 11 is 0. The molecule has 1 saturated carbocycles. The van der Waals surface area contributed by atoms with Crippen LogP contribution in [0.2, 0.25) is 0 Å². The quantitative estimate of drug-likeness (QED) is 0.682. The first-order valence-corrected chi connectivity index (χ1v) is 12.0. The number of fused-ring (bicyclic) bond motifs is 3. The molecule has 182 valence electrons. The van der Waals surface area contributed by atoms with E-state index in [0.29, 0.717) is 36.0 Å². The first kappa shape index (κ1) is 23.0. The number of ether oxygens (including phenoxy) is 1. The van der Waals surface area contributed by atoms with Crippen molar-refractivity contribution in [1.29, 1.82) is 0 Å². The van der Waals surface area contributed by atoms with Crippen LogP contribution >= 0.6 is 0 Å². The molecule has 2 aromatic rings. The van der Waals surface area contributed by atoms with Crippen LogP contribution in [0.1, 0.15) is 36.8 Å². The van der Waals surface area contributed by atoms with Crippen LogP contribution in [0.4, 0.5) is 24.5 Å². The summed E-state index contributed by atoms with van der Waals surface area (Å²) in [6.45, 7) is 2.34. The van der Waals surface area contributed by atoms with Crippen LogP contribution in [0.5, 0.6) is 5.75 Å². The molecule has 0 radical (unpaired) electrons. The Morgan fingerprint density at radius 1 is 1.06 bits per heavy atom. The molecule has 2 atom stereocenters. The van der Waals surface area contributed by atoms with Gasteiger partial charge in [0.2, 0.25) is 5.91 Å². The molecule has 1 amide bonds. The highest BCUT2D eigenvalue weighted by Crippen LogP contribution is 2.41. The monoisotopic (exact) mass is 473 g/mol. The van der Waals surface area contributed by atoms with E-state index >= 15 is 0 Å². The lowest BCUT2D eigenvalue weighted by molar-refractivity contribution is -0.137. The lowest BCUT2D eigenvalue weighted by atomic mass is 9.82. The van der Waals surface area contributed by atoms with Gasteiger partial charge in [0, 0.05) is 37.1 Å². The Morgan fingerprint density at radius 3 is 2.47 bits per heavy atom. The van der Waals surface area contributed by atoms with E-state index in [9.17, 15) is 18.0 Å². The van der Waals surface area contributed by atoms with Crippen molar-refractivity contribution in [2.45, 2.75) is 50.4 Å². The smallest absolute Gasteiger partial charge is 0.416 e. The average molecular weight is 474 g/mol. The number of alkyl halides is 3. The van der Waals surface area contributed by atoms with Gasteiger partial charge in [0.15, 0.2) is 0 Å². The van der Waals surface area contributed by atoms with Crippen molar-refractivity contribution in [2.24, 2.45) is 5.92 Å². The third-order valence-corrected chi connectivity index (χ3v) is 7.61. The summed E-state index contributed by atoms with van der Waals surface area (Å²) in [6, 6.07) is 11.6. The second-order valence-corrected chi connectivity index (χ2v) is 9.56. The van der Waals surface area contributed by atoms with Gasteiger partial charge < -0.3 is 15.0 Å². The van der Waals surface area contributed by atoms with Crippen molar-refractivity contribution in [3.05, 3.63) is 53.6 Å². The third kappa shape index (κ3) is 4.48. The molecule has 8 heteroatoms. The van der Waals surface area contributed by atoms with Gasteiger partial charge in [-0.15, -0.1) is 0 Å². The average Bonchev–Trinajstić information content (AvgIpc) is 3.38. The Balaban J connectivity index is 1.44. The van der Waals surface area contributed by atoms with Crippen molar-refractivity contribution in [3.8, 4) is 5.75 Å². The van der Waals surface area contributed by atoms with E-state index in [4.69, 9.17) is 4.74 Å². The maximum Gasteiger partial charge on any atom is 0.416 e. The Kier molecular flexibility index (Phi) is 6.18. The molecular weight excluding hydrogens is 443 g/mol. The van der Waals surface area contributed by atoms with E-state index in [-0.39, 0.29) is 11.9 Å². The highest BCUT2D eigenvalue weighted by atomic mass is 19.4. The van der Waals surface area contributed by atoms with Gasteiger partial charge in [-0.3, -0.25) is 9.69 Å². The normalized spacial score (nSPS) is 23.4. The number of amides is 1. The van der Waals surface area contributed by atoms with Gasteiger partial charge in [-0.1, -0.05) is 12.8 Å². The summed E-state index contributed by atoms with van der Waals surface area (Å²) in [6.07, 6.45) is 0.719. The number of nitrogens with zero attached hydrogens (tertiary/aromatic N) is 2. The van der Waals surface area contributed by atoms with Gasteiger partial charge in [0.1, 0.15) is 5.75 Å². The lowest BCUT2D eigenvalue weighted by Crippen LogP contribution is -2.61. The van der Waals surface area contributed by atoms with Crippen LogP contribution in [0.15, 0.2) is 42.5 Å². The maximum absolute atomic E-state index is 13.5. The Morgan fingerprint density at radius 2 is 1.79 bits per heavy atom. The van der Waals surface area contributed by atoms with E-state index in [0.717, 1.165) is 24.8 Å². The van der Waals surface area contributed by atoms with Gasteiger partial charge in [-0.2, -0.15) is 13.2 Å². The predicted molar refractivity (Wildman–Crippen MR) is 125 cm³/mol. The third-order valence-electron chi connectivity index (χ3n) is 7.61. The van der Waals surface area contributed by atoms with Crippen LogP contribution in [-0.4, -0.2) is 49.6 Å². The fraction of sp³-hybridized carbons (Fsp3) is 0.500. The molecule has 0 spiro atoms. The minimum absolute atomic E-state index is 0.0724. The Bertz CT molecular complexity index is 1030. The summed E-state index contributed by atoms with van der Waals surface area (Å²) in [5, 5.41) is 2.99. The number of methoxy groups -OCH3 is 1. The zero-order chi connectivity index (χ0) is 23.9. The van der Waals surface area contributed by atoms with Gasteiger partial charge in [0.05, 0.1) is 24.6 Å². The zero-order valence-corrected chi connectivity index (χ0v) is 19.3. The largest absolute Gasteiger partial charge is 0.497 e. The summed E-state index contributed by atoms with van der Waals surface area (Å²) in [5.74, 6) is 0.0914. The number of carbonyl (C=O) groups excluding carboxylic acids is 1. The number of anilines is 2. The highest BCUT2D eigenvalue weighted by molar-refractivity contribution is 5.94. The van der Waals surface area contributed by atoms with E-state index in [1.165, 1.54) is 31.7 Å². The van der Waals surface area contributed by atoms with Crippen molar-refractivity contribution >= 4 is 17.3 Å². The number of rotatable bonds is 4. The van der Waals surface area contributed by atoms with Crippen LogP contribution < -0.4 is 15.0 Å². The minimum atomic E-state index is -4.41. The number of nitrogens with one attached hydrogen (secondary N) is 1. The molecule has 2 aromatic carbocycles. The van der Waals surface area contributed by atoms with E-state index < -0.39 is 17.7 Å². The number of piperazine rings is 1. The molecule has 5 nitrogen and oxygen atoms in total. The van der Waals surface area contributed by atoms with Crippen molar-refractivity contribution in [3.63, 3.8) is 0 Å². The van der Waals surface area contributed by atoms with Gasteiger partial charge in [0.25, 0.3) is 0 Å². The summed E-state index contributed by atoms with van der Waals surface area (Å²) in [5.41, 5.74) is 1.41. The molecular formula is C26H30F3N3O2. The fourth-order valence-corrected chi connectivity index (χ4v) is 5.83. The summed E-state index contributed by atoms with van der Waals surface area (Å²) in [7, 11) is 1.58. The highest BCUT2D eigenvalue weighted by Gasteiger charge is 2.44. The SMILES string of the molecule is COc1ccc(NC(=O)[C@H]2Cc3cc(C(F)(F)F)ccc3N3CCN(C4CCCC4)C[C@@H]23)cc1. The van der Waals surface area contributed by atoms with Crippen molar-refractivity contribution < 1.29 is 22.7 Å². The second-order valence-electron chi connectivity index (χ2n) is 9.56. The molecule has 1 N–H and O–H groups in total. The van der Waals surface area contributed by atoms with Gasteiger partial charge in [-0.05, 0) is 67.3 Å². The fourth-order valence-electron chi connectivity index (χ4n) is 5.83. The van der Waals surface area contributed by atoms with Gasteiger partial charge in [-0.25, -0.2) is 0 Å². The Labute approximate surface area is 197 Å². The minimum Gasteiger partial charge on any atom is -0.497 e. The molecule has 2 heterocycles. The van der Waals surface area contributed by atoms with Gasteiger partial charge >= 0.3 is 6.18 Å². The standard InChI is InChI=1S/C26H30F3N3O2/c1-34-21-9-7-19(8-10-21)30-25(33)22-15-17-14-18(26(27,28)29)6-11-23(17)32-13-12-31(16-24(22)32)20-4-2-3-5-20/h6-11,14,20,22,24H,2-5,12-13,15-16H2,1H3,(H,30,33)/t22-,24-/m0/s1. The first-order valence-electron chi connectivity index (χ1n) is 12.0. The van der Waals surface area contributed by atoms with Crippen LogP contribution in [-0.2, 0) is 17.4 Å². The topological polar surface area (TPSA) is 44.8 Å². The van der Waals surface area contributed by atoms with Crippen LogP contribution in [0.25, 0.3) is 0 Å². The second kappa shape index (κ2) is 9.13. The van der Waals surface area contributed by atoms with E-state index in [1.807, 2.05) is 0 Å². The number of hydrogen-bond acceptors (Lipinski definition) is 4. The molecule has 1 aliphatic carbocycles. The molecule has 0 unspecified atom stereocenters. The first-order chi connectivity index (χ1) is 16.3. The van der Waals surface area contributed by atoms with Crippen molar-refractivity contribution in [2.75, 3.05) is 37.0 Å². The summed E-state index contributed by atoms with van der Waals surface area (Å²) < 4.78 is 45.4. The molecule has 0 aromatic heterocycles. The number of halogens is 3.